The van der Waals surface area contributed by atoms with Crippen LogP contribution in [0.3, 0.4) is 0 Å². The molecule has 0 aliphatic carbocycles. The van der Waals surface area contributed by atoms with Crippen molar-refractivity contribution in [1.29, 1.82) is 0 Å². The molecule has 0 rings (SSSR count). The van der Waals surface area contributed by atoms with Gasteiger partial charge in [-0.1, -0.05) is 0 Å². The molecule has 0 bridgehead atoms. The second kappa shape index (κ2) is 10.5. The van der Waals surface area contributed by atoms with Crippen LogP contribution >= 0.6 is 0 Å². The van der Waals surface area contributed by atoms with Crippen molar-refractivity contribution in [3.63, 3.8) is 0 Å². The van der Waals surface area contributed by atoms with Crippen molar-refractivity contribution in [3.8, 4) is 0 Å². The quantitative estimate of drug-likeness (QED) is 0.311. The number of rotatable bonds is 10. The van der Waals surface area contributed by atoms with Crippen molar-refractivity contribution in [1.82, 2.24) is 10.6 Å². The first-order chi connectivity index (χ1) is 9.86. The third-order valence-electron chi connectivity index (χ3n) is 2.43. The predicted octanol–water partition coefficient (Wildman–Crippen LogP) is -0.652. The summed E-state index contributed by atoms with van der Waals surface area (Å²) < 4.78 is 4.71. The third-order valence-corrected chi connectivity index (χ3v) is 2.43. The second-order valence-corrected chi connectivity index (χ2v) is 4.20. The number of aliphatic carboxylic acids is 1. The van der Waals surface area contributed by atoms with E-state index in [1.807, 2.05) is 0 Å². The van der Waals surface area contributed by atoms with Crippen molar-refractivity contribution in [2.75, 3.05) is 13.2 Å². The molecule has 21 heavy (non-hydrogen) atoms. The monoisotopic (exact) mass is 303 g/mol. The number of carboxylic acid groups (broad SMARTS) is 1. The molecule has 0 aromatic heterocycles. The molecule has 120 valence electrons. The molecular formula is C12H21N3O6. The maximum absolute atomic E-state index is 11.5. The maximum atomic E-state index is 11.5. The summed E-state index contributed by atoms with van der Waals surface area (Å²) in [6.07, 6.45) is 0.324. The minimum absolute atomic E-state index is 0.0824. The Hall–Kier alpha value is -2.32. The van der Waals surface area contributed by atoms with Gasteiger partial charge in [-0.05, 0) is 19.8 Å². The van der Waals surface area contributed by atoms with Gasteiger partial charge in [-0.2, -0.15) is 0 Å². The van der Waals surface area contributed by atoms with Gasteiger partial charge in [0.1, 0.15) is 6.04 Å². The average molecular weight is 303 g/mol. The van der Waals surface area contributed by atoms with Crippen molar-refractivity contribution in [2.45, 2.75) is 38.6 Å². The number of ether oxygens (including phenoxy) is 1. The number of primary amides is 1. The Balaban J connectivity index is 3.95. The number of carbonyl (C=O) groups excluding carboxylic acids is 3. The van der Waals surface area contributed by atoms with Crippen LogP contribution in [0.5, 0.6) is 0 Å². The topological polar surface area (TPSA) is 148 Å². The van der Waals surface area contributed by atoms with Crippen molar-refractivity contribution in [3.05, 3.63) is 0 Å². The summed E-state index contributed by atoms with van der Waals surface area (Å²) in [5.41, 5.74) is 4.92. The van der Waals surface area contributed by atoms with Gasteiger partial charge < -0.3 is 26.2 Å². The fourth-order valence-electron chi connectivity index (χ4n) is 1.42. The highest BCUT2D eigenvalue weighted by molar-refractivity contribution is 5.83. The van der Waals surface area contributed by atoms with Gasteiger partial charge >= 0.3 is 18.0 Å². The summed E-state index contributed by atoms with van der Waals surface area (Å²) in [5, 5.41) is 13.5. The number of esters is 1. The zero-order chi connectivity index (χ0) is 16.3. The Kier molecular flexibility index (Phi) is 9.31. The number of urea groups is 1. The molecule has 0 saturated heterocycles. The molecular weight excluding hydrogens is 282 g/mol. The van der Waals surface area contributed by atoms with E-state index in [-0.39, 0.29) is 31.8 Å². The molecule has 0 spiro atoms. The summed E-state index contributed by atoms with van der Waals surface area (Å²) in [6, 6.07) is -1.88. The van der Waals surface area contributed by atoms with Gasteiger partial charge in [0.05, 0.1) is 6.61 Å². The maximum Gasteiger partial charge on any atom is 0.326 e. The van der Waals surface area contributed by atoms with Gasteiger partial charge in [0.2, 0.25) is 5.91 Å². The first kappa shape index (κ1) is 18.7. The SMILES string of the molecule is CCOC(=O)CCCNC(=O)N[C@@H](CCC(N)=O)C(=O)O. The fourth-order valence-corrected chi connectivity index (χ4v) is 1.42. The Morgan fingerprint density at radius 1 is 1.24 bits per heavy atom. The van der Waals surface area contributed by atoms with Gasteiger partial charge in [0.25, 0.3) is 0 Å². The smallest absolute Gasteiger partial charge is 0.326 e. The lowest BCUT2D eigenvalue weighted by atomic mass is 10.1. The lowest BCUT2D eigenvalue weighted by Crippen LogP contribution is -2.46. The molecule has 5 N–H and O–H groups in total. The van der Waals surface area contributed by atoms with Crippen LogP contribution in [0.4, 0.5) is 4.79 Å². The van der Waals surface area contributed by atoms with Gasteiger partial charge in [-0.15, -0.1) is 0 Å². The van der Waals surface area contributed by atoms with Gasteiger partial charge in [-0.25, -0.2) is 9.59 Å². The van der Waals surface area contributed by atoms with E-state index in [1.54, 1.807) is 6.92 Å². The number of hydrogen-bond acceptors (Lipinski definition) is 5. The van der Waals surface area contributed by atoms with Crippen LogP contribution in [0.1, 0.15) is 32.6 Å². The Bertz CT molecular complexity index is 385. The molecule has 0 aromatic rings. The first-order valence-corrected chi connectivity index (χ1v) is 6.57. The minimum Gasteiger partial charge on any atom is -0.480 e. The van der Waals surface area contributed by atoms with E-state index >= 15 is 0 Å². The number of nitrogens with two attached hydrogens (primary N) is 1. The molecule has 0 aliphatic heterocycles. The third kappa shape index (κ3) is 10.2. The highest BCUT2D eigenvalue weighted by atomic mass is 16.5. The Morgan fingerprint density at radius 2 is 1.90 bits per heavy atom. The molecule has 3 amide bonds. The van der Waals surface area contributed by atoms with Gasteiger partial charge in [0, 0.05) is 19.4 Å². The standard InChI is InChI=1S/C12H21N3O6/c1-2-21-10(17)4-3-7-14-12(20)15-8(11(18)19)5-6-9(13)16/h8H,2-7H2,1H3,(H2,13,16)(H,18,19)(H2,14,15,20)/t8-/m0/s1. The minimum atomic E-state index is -1.25. The van der Waals surface area contributed by atoms with Crippen LogP contribution in [0.2, 0.25) is 0 Å². The van der Waals surface area contributed by atoms with Gasteiger partial charge in [0.15, 0.2) is 0 Å². The lowest BCUT2D eigenvalue weighted by Gasteiger charge is -2.14. The largest absolute Gasteiger partial charge is 0.480 e. The normalized spacial score (nSPS) is 11.3. The van der Waals surface area contributed by atoms with Crippen molar-refractivity contribution in [2.24, 2.45) is 5.73 Å². The molecule has 1 atom stereocenters. The van der Waals surface area contributed by atoms with Crippen LogP contribution in [0.25, 0.3) is 0 Å². The number of carbonyl (C=O) groups is 4. The Morgan fingerprint density at radius 3 is 2.43 bits per heavy atom. The molecule has 0 aromatic carbocycles. The van der Waals surface area contributed by atoms with Crippen LogP contribution in [-0.4, -0.2) is 48.2 Å². The van der Waals surface area contributed by atoms with Crippen LogP contribution in [0.15, 0.2) is 0 Å². The number of carboxylic acids is 1. The van der Waals surface area contributed by atoms with E-state index in [0.29, 0.717) is 13.0 Å². The first-order valence-electron chi connectivity index (χ1n) is 6.57. The number of nitrogens with one attached hydrogen (secondary N) is 2. The van der Waals surface area contributed by atoms with Crippen LogP contribution < -0.4 is 16.4 Å². The van der Waals surface area contributed by atoms with E-state index in [2.05, 4.69) is 10.6 Å². The number of amides is 3. The summed E-state index contributed by atoms with van der Waals surface area (Å²) in [7, 11) is 0. The summed E-state index contributed by atoms with van der Waals surface area (Å²) in [6.45, 7) is 2.20. The van der Waals surface area contributed by atoms with Crippen LogP contribution in [0, 0.1) is 0 Å². The molecule has 0 radical (unpaired) electrons. The zero-order valence-corrected chi connectivity index (χ0v) is 11.9. The molecule has 9 heteroatoms. The molecule has 0 heterocycles. The van der Waals surface area contributed by atoms with Crippen molar-refractivity contribution >= 4 is 23.9 Å². The highest BCUT2D eigenvalue weighted by Gasteiger charge is 2.20. The van der Waals surface area contributed by atoms with Crippen molar-refractivity contribution < 1.29 is 29.0 Å². The molecule has 0 saturated carbocycles. The number of hydrogen-bond donors (Lipinski definition) is 4. The Labute approximate surface area is 122 Å². The molecule has 0 unspecified atom stereocenters. The van der Waals surface area contributed by atoms with E-state index in [4.69, 9.17) is 15.6 Å². The average Bonchev–Trinajstić information content (AvgIpc) is 2.39. The van der Waals surface area contributed by atoms with Crippen LogP contribution in [-0.2, 0) is 19.1 Å². The molecule has 0 aliphatic rings. The molecule has 0 fully saturated rings. The lowest BCUT2D eigenvalue weighted by molar-refractivity contribution is -0.143. The second-order valence-electron chi connectivity index (χ2n) is 4.20. The van der Waals surface area contributed by atoms with E-state index in [1.165, 1.54) is 0 Å². The van der Waals surface area contributed by atoms with E-state index < -0.39 is 23.9 Å². The van der Waals surface area contributed by atoms with E-state index in [0.717, 1.165) is 0 Å². The molecule has 9 nitrogen and oxygen atoms in total. The van der Waals surface area contributed by atoms with Gasteiger partial charge in [-0.3, -0.25) is 9.59 Å². The summed E-state index contributed by atoms with van der Waals surface area (Å²) >= 11 is 0. The highest BCUT2D eigenvalue weighted by Crippen LogP contribution is 1.97. The summed E-state index contributed by atoms with van der Waals surface area (Å²) in [5.74, 6) is -2.25. The summed E-state index contributed by atoms with van der Waals surface area (Å²) in [4.78, 5) is 44.0. The predicted molar refractivity (Wildman–Crippen MR) is 72.3 cm³/mol. The zero-order valence-electron chi connectivity index (χ0n) is 11.9. The fraction of sp³-hybridized carbons (Fsp3) is 0.667. The van der Waals surface area contributed by atoms with E-state index in [9.17, 15) is 19.2 Å².